The quantitative estimate of drug-likeness (QED) is 0.885. The monoisotopic (exact) mass is 321 g/mol. The van der Waals surface area contributed by atoms with Crippen molar-refractivity contribution in [1.29, 1.82) is 0 Å². The fraction of sp³-hybridized carbons (Fsp3) is 0.400. The Balaban J connectivity index is 1.75. The van der Waals surface area contributed by atoms with Gasteiger partial charge in [0.25, 0.3) is 0 Å². The van der Waals surface area contributed by atoms with Crippen LogP contribution >= 0.6 is 0 Å². The maximum Gasteiger partial charge on any atom is 0.238 e. The molecule has 1 aromatic carbocycles. The van der Waals surface area contributed by atoms with Crippen LogP contribution in [0.25, 0.3) is 11.3 Å². The van der Waals surface area contributed by atoms with Crippen molar-refractivity contribution < 1.29 is 13.2 Å². The van der Waals surface area contributed by atoms with Gasteiger partial charge in [-0.05, 0) is 43.0 Å². The highest BCUT2D eigenvalue weighted by Gasteiger charge is 2.37. The van der Waals surface area contributed by atoms with Gasteiger partial charge < -0.3 is 4.74 Å². The molecule has 1 saturated carbocycles. The third-order valence-electron chi connectivity index (χ3n) is 4.05. The highest BCUT2D eigenvalue weighted by atomic mass is 32.2. The third kappa shape index (κ3) is 3.00. The largest absolute Gasteiger partial charge is 0.380 e. The molecule has 7 heteroatoms. The Labute approximate surface area is 129 Å². The molecule has 1 aromatic heterocycles. The number of H-pyrrole nitrogens is 1. The minimum atomic E-state index is -3.44. The lowest BCUT2D eigenvalue weighted by molar-refractivity contribution is 0.111. The number of sulfonamides is 1. The van der Waals surface area contributed by atoms with Crippen LogP contribution in [0.15, 0.2) is 36.5 Å². The van der Waals surface area contributed by atoms with Crippen molar-refractivity contribution in [3.05, 3.63) is 36.5 Å². The van der Waals surface area contributed by atoms with Gasteiger partial charge in [0, 0.05) is 19.0 Å². The first-order valence-corrected chi connectivity index (χ1v) is 8.79. The maximum absolute atomic E-state index is 12.5. The lowest BCUT2D eigenvalue weighted by atomic mass is 10.1. The zero-order valence-corrected chi connectivity index (χ0v) is 13.1. The van der Waals surface area contributed by atoms with Crippen LogP contribution in [0.2, 0.25) is 0 Å². The number of benzene rings is 1. The normalized spacial score (nSPS) is 21.9. The number of hydrogen-bond donors (Lipinski definition) is 2. The van der Waals surface area contributed by atoms with Crippen LogP contribution in [0.3, 0.4) is 0 Å². The lowest BCUT2D eigenvalue weighted by Gasteiger charge is -2.19. The summed E-state index contributed by atoms with van der Waals surface area (Å²) in [5, 5.41) is 6.29. The van der Waals surface area contributed by atoms with E-state index in [0.717, 1.165) is 24.1 Å². The first-order valence-electron chi connectivity index (χ1n) is 7.24. The standard InChI is InChI=1S/C15H19N3O3S/c1-21-14-3-2-4-15(14)22(19,20)18-12-7-5-11(6-8-12)13-9-10-16-17-13/h5-10,14-15,18H,2-4H2,1H3,(H,16,17). The molecule has 0 aliphatic heterocycles. The topological polar surface area (TPSA) is 84.1 Å². The molecule has 1 heterocycles. The van der Waals surface area contributed by atoms with Gasteiger partial charge in [0.2, 0.25) is 10.0 Å². The van der Waals surface area contributed by atoms with Gasteiger partial charge >= 0.3 is 0 Å². The van der Waals surface area contributed by atoms with Crippen LogP contribution in [0.4, 0.5) is 5.69 Å². The van der Waals surface area contributed by atoms with Crippen molar-refractivity contribution in [3.8, 4) is 11.3 Å². The second-order valence-corrected chi connectivity index (χ2v) is 7.34. The van der Waals surface area contributed by atoms with E-state index in [1.165, 1.54) is 0 Å². The lowest BCUT2D eigenvalue weighted by Crippen LogP contribution is -2.34. The molecule has 0 bridgehead atoms. The Hall–Kier alpha value is -1.86. The van der Waals surface area contributed by atoms with E-state index in [0.29, 0.717) is 12.1 Å². The Morgan fingerprint density at radius 2 is 2.00 bits per heavy atom. The average molecular weight is 321 g/mol. The number of ether oxygens (including phenoxy) is 1. The molecule has 0 radical (unpaired) electrons. The first kappa shape index (κ1) is 15.1. The molecule has 2 aromatic rings. The van der Waals surface area contributed by atoms with E-state index in [1.807, 2.05) is 18.2 Å². The molecule has 0 amide bonds. The summed E-state index contributed by atoms with van der Waals surface area (Å²) in [5.74, 6) is 0. The number of nitrogens with zero attached hydrogens (tertiary/aromatic N) is 1. The number of rotatable bonds is 5. The predicted octanol–water partition coefficient (Wildman–Crippen LogP) is 2.39. The molecule has 2 atom stereocenters. The van der Waals surface area contributed by atoms with E-state index < -0.39 is 15.3 Å². The fourth-order valence-corrected chi connectivity index (χ4v) is 4.63. The van der Waals surface area contributed by atoms with Crippen LogP contribution in [0.5, 0.6) is 0 Å². The maximum atomic E-state index is 12.5. The van der Waals surface area contributed by atoms with Crippen LogP contribution in [0, 0.1) is 0 Å². The molecule has 1 aliphatic carbocycles. The van der Waals surface area contributed by atoms with Crippen molar-refractivity contribution in [3.63, 3.8) is 0 Å². The molecule has 2 N–H and O–H groups in total. The Morgan fingerprint density at radius 1 is 1.23 bits per heavy atom. The van der Waals surface area contributed by atoms with Crippen LogP contribution in [-0.2, 0) is 14.8 Å². The predicted molar refractivity (Wildman–Crippen MR) is 85.0 cm³/mol. The average Bonchev–Trinajstić information content (AvgIpc) is 3.19. The first-order chi connectivity index (χ1) is 10.6. The van der Waals surface area contributed by atoms with E-state index >= 15 is 0 Å². The zero-order chi connectivity index (χ0) is 15.6. The highest BCUT2D eigenvalue weighted by Crippen LogP contribution is 2.29. The Kier molecular flexibility index (Phi) is 4.17. The minimum absolute atomic E-state index is 0.221. The molecule has 1 aliphatic rings. The number of anilines is 1. The molecule has 6 nitrogen and oxygen atoms in total. The SMILES string of the molecule is COC1CCCC1S(=O)(=O)Nc1ccc(-c2ccn[nH]2)cc1. The summed E-state index contributed by atoms with van der Waals surface area (Å²) < 4.78 is 32.9. The van der Waals surface area contributed by atoms with Gasteiger partial charge in [0.1, 0.15) is 5.25 Å². The van der Waals surface area contributed by atoms with Gasteiger partial charge in [-0.2, -0.15) is 5.10 Å². The third-order valence-corrected chi connectivity index (χ3v) is 5.91. The van der Waals surface area contributed by atoms with Gasteiger partial charge in [-0.1, -0.05) is 12.1 Å². The van der Waals surface area contributed by atoms with E-state index in [1.54, 1.807) is 25.4 Å². The van der Waals surface area contributed by atoms with E-state index in [9.17, 15) is 8.42 Å². The van der Waals surface area contributed by atoms with Crippen LogP contribution in [-0.4, -0.2) is 37.1 Å². The molecule has 22 heavy (non-hydrogen) atoms. The van der Waals surface area contributed by atoms with Gasteiger partial charge in [0.05, 0.1) is 11.8 Å². The van der Waals surface area contributed by atoms with Gasteiger partial charge in [-0.3, -0.25) is 9.82 Å². The molecule has 0 spiro atoms. The summed E-state index contributed by atoms with van der Waals surface area (Å²) >= 11 is 0. The van der Waals surface area contributed by atoms with Crippen molar-refractivity contribution in [2.45, 2.75) is 30.6 Å². The van der Waals surface area contributed by atoms with E-state index in [-0.39, 0.29) is 6.10 Å². The summed E-state index contributed by atoms with van der Waals surface area (Å²) in [7, 11) is -1.87. The van der Waals surface area contributed by atoms with Gasteiger partial charge in [-0.15, -0.1) is 0 Å². The summed E-state index contributed by atoms with van der Waals surface area (Å²) in [6.07, 6.45) is 3.77. The fourth-order valence-electron chi connectivity index (χ4n) is 2.89. The Morgan fingerprint density at radius 3 is 2.64 bits per heavy atom. The molecular formula is C15H19N3O3S. The minimum Gasteiger partial charge on any atom is -0.380 e. The molecule has 118 valence electrons. The number of aromatic nitrogens is 2. The Bertz CT molecular complexity index is 711. The van der Waals surface area contributed by atoms with Crippen molar-refractivity contribution in [1.82, 2.24) is 10.2 Å². The van der Waals surface area contributed by atoms with Crippen molar-refractivity contribution in [2.75, 3.05) is 11.8 Å². The number of nitrogens with one attached hydrogen (secondary N) is 2. The zero-order valence-electron chi connectivity index (χ0n) is 12.3. The molecular weight excluding hydrogens is 302 g/mol. The molecule has 1 fully saturated rings. The van der Waals surface area contributed by atoms with Crippen molar-refractivity contribution in [2.24, 2.45) is 0 Å². The second kappa shape index (κ2) is 6.10. The van der Waals surface area contributed by atoms with Gasteiger partial charge in [0.15, 0.2) is 0 Å². The van der Waals surface area contributed by atoms with E-state index in [2.05, 4.69) is 14.9 Å². The molecule has 0 saturated heterocycles. The summed E-state index contributed by atoms with van der Waals surface area (Å²) in [4.78, 5) is 0. The summed E-state index contributed by atoms with van der Waals surface area (Å²) in [5.41, 5.74) is 2.41. The van der Waals surface area contributed by atoms with E-state index in [4.69, 9.17) is 4.74 Å². The number of hydrogen-bond acceptors (Lipinski definition) is 4. The second-order valence-electron chi connectivity index (χ2n) is 5.44. The van der Waals surface area contributed by atoms with Crippen molar-refractivity contribution >= 4 is 15.7 Å². The highest BCUT2D eigenvalue weighted by molar-refractivity contribution is 7.93. The number of methoxy groups -OCH3 is 1. The van der Waals surface area contributed by atoms with Crippen LogP contribution < -0.4 is 4.72 Å². The summed E-state index contributed by atoms with van der Waals surface area (Å²) in [6, 6.07) is 9.08. The molecule has 3 rings (SSSR count). The smallest absolute Gasteiger partial charge is 0.238 e. The van der Waals surface area contributed by atoms with Gasteiger partial charge in [-0.25, -0.2) is 8.42 Å². The molecule has 2 unspecified atom stereocenters. The summed E-state index contributed by atoms with van der Waals surface area (Å²) in [6.45, 7) is 0. The number of aromatic amines is 1. The van der Waals surface area contributed by atoms with Crippen LogP contribution in [0.1, 0.15) is 19.3 Å².